The monoisotopic (exact) mass is 416 g/mol. The van der Waals surface area contributed by atoms with Crippen LogP contribution in [0.3, 0.4) is 0 Å². The van der Waals surface area contributed by atoms with Gasteiger partial charge in [0.2, 0.25) is 17.5 Å². The van der Waals surface area contributed by atoms with Gasteiger partial charge in [0, 0.05) is 16.3 Å². The molecule has 8 heteroatoms. The summed E-state index contributed by atoms with van der Waals surface area (Å²) in [4.78, 5) is 3.39. The molecule has 0 saturated heterocycles. The van der Waals surface area contributed by atoms with Crippen molar-refractivity contribution in [3.8, 4) is 11.5 Å². The largest absolute Gasteiger partial charge is 0.418 e. The second-order valence-electron chi connectivity index (χ2n) is 6.87. The topological polar surface area (TPSA) is 75.5 Å². The van der Waals surface area contributed by atoms with Crippen molar-refractivity contribution in [1.82, 2.24) is 10.2 Å². The van der Waals surface area contributed by atoms with Crippen LogP contribution in [0.25, 0.3) is 16.3 Å². The maximum Gasteiger partial charge on any atom is 0.247 e. The van der Waals surface area contributed by atoms with Gasteiger partial charge in [-0.2, -0.15) is 0 Å². The number of rotatable bonds is 5. The predicted octanol–water partition coefficient (Wildman–Crippen LogP) is 5.83. The van der Waals surface area contributed by atoms with Crippen LogP contribution in [-0.4, -0.2) is 20.9 Å². The first-order valence-electron chi connectivity index (χ1n) is 8.45. The Labute approximate surface area is 172 Å². The third kappa shape index (κ3) is 4.12. The average molecular weight is 417 g/mol. The van der Waals surface area contributed by atoms with E-state index in [-0.39, 0.29) is 5.89 Å². The first-order valence-corrected chi connectivity index (χ1v) is 9.21. The lowest BCUT2D eigenvalue weighted by Crippen LogP contribution is -2.34. The molecule has 3 aromatic rings. The van der Waals surface area contributed by atoms with E-state index in [1.807, 2.05) is 0 Å². The van der Waals surface area contributed by atoms with Gasteiger partial charge in [0.25, 0.3) is 0 Å². The van der Waals surface area contributed by atoms with E-state index in [0.717, 1.165) is 5.56 Å². The van der Waals surface area contributed by atoms with Crippen molar-refractivity contribution in [2.45, 2.75) is 32.4 Å². The van der Waals surface area contributed by atoms with Crippen LogP contribution in [-0.2, 0) is 0 Å². The van der Waals surface area contributed by atoms with E-state index in [2.05, 4.69) is 20.4 Å². The van der Waals surface area contributed by atoms with Crippen LogP contribution in [0.5, 0.6) is 0 Å². The van der Waals surface area contributed by atoms with E-state index in [4.69, 9.17) is 34.2 Å². The third-order valence-electron chi connectivity index (χ3n) is 4.27. The zero-order chi connectivity index (χ0) is 20.5. The van der Waals surface area contributed by atoms with Crippen LogP contribution in [0.4, 0.5) is 11.4 Å². The number of nitrogens with zero attached hydrogens (tertiary/aromatic N) is 3. The minimum absolute atomic E-state index is 0.224. The Bertz CT molecular complexity index is 1030. The maximum absolute atomic E-state index is 10.7. The molecule has 0 fully saturated rings. The zero-order valence-electron chi connectivity index (χ0n) is 15.5. The summed E-state index contributed by atoms with van der Waals surface area (Å²) < 4.78 is 5.82. The Morgan fingerprint density at radius 2 is 1.82 bits per heavy atom. The molecule has 0 unspecified atom stereocenters. The molecule has 1 heterocycles. The number of anilines is 1. The quantitative estimate of drug-likeness (QED) is 0.511. The lowest BCUT2D eigenvalue weighted by molar-refractivity contribution is 0.0502. The summed E-state index contributed by atoms with van der Waals surface area (Å²) in [7, 11) is 0. The van der Waals surface area contributed by atoms with Gasteiger partial charge in [-0.25, -0.2) is 4.85 Å². The highest BCUT2D eigenvalue weighted by Crippen LogP contribution is 2.37. The molecule has 0 spiro atoms. The highest BCUT2D eigenvalue weighted by atomic mass is 35.5. The van der Waals surface area contributed by atoms with Gasteiger partial charge in [-0.15, -0.1) is 10.2 Å². The molecule has 1 aromatic heterocycles. The van der Waals surface area contributed by atoms with Gasteiger partial charge in [0.1, 0.15) is 6.04 Å². The van der Waals surface area contributed by atoms with E-state index in [0.29, 0.717) is 32.9 Å². The fraction of sp³-hybridized carbons (Fsp3) is 0.250. The smallest absolute Gasteiger partial charge is 0.247 e. The summed E-state index contributed by atoms with van der Waals surface area (Å²) in [5, 5.41) is 23.1. The Morgan fingerprint density at radius 1 is 1.14 bits per heavy atom. The van der Waals surface area contributed by atoms with Crippen molar-refractivity contribution in [3.63, 3.8) is 0 Å². The lowest BCUT2D eigenvalue weighted by atomic mass is 9.98. The number of hydrogen-bond acceptors (Lipinski definition) is 5. The highest BCUT2D eigenvalue weighted by Gasteiger charge is 2.34. The Kier molecular flexibility index (Phi) is 5.61. The summed E-state index contributed by atoms with van der Waals surface area (Å²) in [6.07, 6.45) is 0. The molecule has 3 rings (SSSR count). The number of aliphatic hydroxyl groups is 1. The van der Waals surface area contributed by atoms with Crippen molar-refractivity contribution >= 4 is 34.6 Å². The van der Waals surface area contributed by atoms with Gasteiger partial charge in [0.05, 0.1) is 17.2 Å². The molecular weight excluding hydrogens is 399 g/mol. The number of hydrogen-bond donors (Lipinski definition) is 2. The van der Waals surface area contributed by atoms with E-state index in [9.17, 15) is 5.11 Å². The predicted molar refractivity (Wildman–Crippen MR) is 110 cm³/mol. The minimum Gasteiger partial charge on any atom is -0.418 e. The van der Waals surface area contributed by atoms with Crippen molar-refractivity contribution in [3.05, 3.63) is 69.3 Å². The van der Waals surface area contributed by atoms with E-state index in [1.54, 1.807) is 57.2 Å². The van der Waals surface area contributed by atoms with E-state index in [1.165, 1.54) is 0 Å². The molecule has 0 aliphatic heterocycles. The van der Waals surface area contributed by atoms with Crippen molar-refractivity contribution in [2.24, 2.45) is 0 Å². The Hall–Kier alpha value is -2.59. The Balaban J connectivity index is 1.96. The summed E-state index contributed by atoms with van der Waals surface area (Å²) >= 11 is 12.2. The number of benzene rings is 2. The molecule has 0 radical (unpaired) electrons. The number of nitrogens with one attached hydrogen (secondary N) is 1. The molecule has 2 N–H and O–H groups in total. The highest BCUT2D eigenvalue weighted by molar-refractivity contribution is 6.34. The normalized spacial score (nSPS) is 12.5. The number of aromatic nitrogens is 2. The number of halogens is 2. The van der Waals surface area contributed by atoms with Crippen LogP contribution in [0.2, 0.25) is 10.0 Å². The van der Waals surface area contributed by atoms with Gasteiger partial charge in [-0.3, -0.25) is 0 Å². The maximum atomic E-state index is 10.7. The van der Waals surface area contributed by atoms with Crippen LogP contribution in [0.1, 0.15) is 31.3 Å². The standard InChI is InChI=1S/C20H18Cl2N4O2/c1-11-14(9-10-15(23-4)16(11)22)24-17(20(2,3)27)19-26-25-18(28-19)12-5-7-13(21)8-6-12/h5-10,17,24,27H,1-3H3/t17-/m0/s1. The van der Waals surface area contributed by atoms with Crippen LogP contribution >= 0.6 is 23.2 Å². The molecule has 144 valence electrons. The van der Waals surface area contributed by atoms with Crippen LogP contribution in [0.15, 0.2) is 40.8 Å². The van der Waals surface area contributed by atoms with Gasteiger partial charge in [0.15, 0.2) is 0 Å². The second-order valence-corrected chi connectivity index (χ2v) is 7.68. The summed E-state index contributed by atoms with van der Waals surface area (Å²) in [6.45, 7) is 12.2. The average Bonchev–Trinajstić information content (AvgIpc) is 3.12. The van der Waals surface area contributed by atoms with Gasteiger partial charge >= 0.3 is 0 Å². The molecule has 6 nitrogen and oxygen atoms in total. The van der Waals surface area contributed by atoms with Gasteiger partial charge < -0.3 is 14.8 Å². The van der Waals surface area contributed by atoms with E-state index >= 15 is 0 Å². The van der Waals surface area contributed by atoms with Gasteiger partial charge in [-0.1, -0.05) is 29.3 Å². The van der Waals surface area contributed by atoms with E-state index < -0.39 is 11.6 Å². The molecular formula is C20H18Cl2N4O2. The SMILES string of the molecule is [C-]#[N+]c1ccc(N[C@@H](c2nnc(-c3ccc(Cl)cc3)o2)C(C)(C)O)c(C)c1Cl. The van der Waals surface area contributed by atoms with Gasteiger partial charge in [-0.05, 0) is 56.7 Å². The zero-order valence-corrected chi connectivity index (χ0v) is 17.0. The molecule has 0 bridgehead atoms. The molecule has 0 aliphatic carbocycles. The van der Waals surface area contributed by atoms with Crippen molar-refractivity contribution in [1.29, 1.82) is 0 Å². The molecule has 1 atom stereocenters. The minimum atomic E-state index is -1.22. The fourth-order valence-electron chi connectivity index (χ4n) is 2.67. The first kappa shape index (κ1) is 20.2. The summed E-state index contributed by atoms with van der Waals surface area (Å²) in [5.41, 5.74) is 1.23. The molecule has 28 heavy (non-hydrogen) atoms. The molecule has 0 aliphatic rings. The molecule has 0 saturated carbocycles. The lowest BCUT2D eigenvalue weighted by Gasteiger charge is -2.29. The van der Waals surface area contributed by atoms with Crippen molar-refractivity contribution < 1.29 is 9.52 Å². The molecule has 0 amide bonds. The fourth-order valence-corrected chi connectivity index (χ4v) is 3.00. The summed E-state index contributed by atoms with van der Waals surface area (Å²) in [5.74, 6) is 0.544. The van der Waals surface area contributed by atoms with Crippen molar-refractivity contribution in [2.75, 3.05) is 5.32 Å². The second kappa shape index (κ2) is 7.80. The molecule has 2 aromatic carbocycles. The van der Waals surface area contributed by atoms with Crippen LogP contribution < -0.4 is 5.32 Å². The third-order valence-corrected chi connectivity index (χ3v) is 5.00. The first-order chi connectivity index (χ1) is 13.2. The van der Waals surface area contributed by atoms with Crippen LogP contribution in [0, 0.1) is 13.5 Å². The Morgan fingerprint density at radius 3 is 2.43 bits per heavy atom. The summed E-state index contributed by atoms with van der Waals surface area (Å²) in [6, 6.07) is 9.68.